The lowest BCUT2D eigenvalue weighted by Crippen LogP contribution is -2.31. The Morgan fingerprint density at radius 1 is 1.39 bits per heavy atom. The van der Waals surface area contributed by atoms with E-state index in [1.54, 1.807) is 0 Å². The second-order valence-electron chi connectivity index (χ2n) is 3.36. The molecule has 0 atom stereocenters. The molecule has 0 fully saturated rings. The van der Waals surface area contributed by atoms with Crippen LogP contribution in [0.4, 0.5) is 0 Å². The van der Waals surface area contributed by atoms with Crippen molar-refractivity contribution in [3.05, 3.63) is 29.6 Å². The summed E-state index contributed by atoms with van der Waals surface area (Å²) in [4.78, 5) is 25.6. The molecule has 0 unspecified atom stereocenters. The van der Waals surface area contributed by atoms with Crippen LogP contribution in [0.5, 0.6) is 0 Å². The van der Waals surface area contributed by atoms with Gasteiger partial charge in [-0.3, -0.25) is 4.79 Å². The highest BCUT2D eigenvalue weighted by Gasteiger charge is 2.09. The lowest BCUT2D eigenvalue weighted by molar-refractivity contribution is 0.0689. The Balaban J connectivity index is 2.59. The second-order valence-corrected chi connectivity index (χ2v) is 5.09. The number of aromatic carboxylic acids is 1. The van der Waals surface area contributed by atoms with Gasteiger partial charge in [0.05, 0.1) is 11.3 Å². The van der Waals surface area contributed by atoms with Crippen LogP contribution < -0.4 is 10.5 Å². The molecule has 1 aromatic rings. The van der Waals surface area contributed by atoms with E-state index in [9.17, 15) is 18.0 Å². The number of sulfonamides is 1. The largest absolute Gasteiger partial charge is 0.477 e. The molecule has 1 rings (SSSR count). The minimum atomic E-state index is -3.63. The fraction of sp³-hybridized carbons (Fsp3) is 0.222. The number of primary sulfonamides is 1. The zero-order valence-electron chi connectivity index (χ0n) is 9.16. The maximum absolute atomic E-state index is 11.5. The van der Waals surface area contributed by atoms with E-state index in [2.05, 4.69) is 10.3 Å². The van der Waals surface area contributed by atoms with Crippen LogP contribution in [0.3, 0.4) is 0 Å². The molecule has 0 aromatic carbocycles. The van der Waals surface area contributed by atoms with Crippen LogP contribution >= 0.6 is 0 Å². The topological polar surface area (TPSA) is 139 Å². The second kappa shape index (κ2) is 5.56. The molecule has 4 N–H and O–H groups in total. The number of hydrogen-bond donors (Lipinski definition) is 3. The Morgan fingerprint density at radius 3 is 2.50 bits per heavy atom. The molecule has 8 nitrogen and oxygen atoms in total. The number of nitrogens with zero attached hydrogens (tertiary/aromatic N) is 1. The fourth-order valence-electron chi connectivity index (χ4n) is 1.06. The Bertz CT molecular complexity index is 552. The minimum absolute atomic E-state index is 0.127. The van der Waals surface area contributed by atoms with Gasteiger partial charge in [-0.05, 0) is 12.1 Å². The number of amides is 1. The van der Waals surface area contributed by atoms with Crippen molar-refractivity contribution < 1.29 is 23.1 Å². The molecule has 1 aromatic heterocycles. The number of aromatic nitrogens is 1. The third-order valence-corrected chi connectivity index (χ3v) is 2.69. The van der Waals surface area contributed by atoms with Gasteiger partial charge in [0.1, 0.15) is 5.69 Å². The van der Waals surface area contributed by atoms with Crippen molar-refractivity contribution in [3.8, 4) is 0 Å². The van der Waals surface area contributed by atoms with Crippen molar-refractivity contribution >= 4 is 21.9 Å². The van der Waals surface area contributed by atoms with Gasteiger partial charge in [-0.15, -0.1) is 0 Å². The number of pyridine rings is 1. The number of carboxylic acid groups (broad SMARTS) is 1. The van der Waals surface area contributed by atoms with Crippen molar-refractivity contribution in [2.45, 2.75) is 0 Å². The maximum Gasteiger partial charge on any atom is 0.354 e. The molecule has 9 heteroatoms. The SMILES string of the molecule is NS(=O)(=O)CCNC(=O)c1ccc(C(=O)O)nc1. The average molecular weight is 273 g/mol. The summed E-state index contributed by atoms with van der Waals surface area (Å²) in [5, 5.41) is 15.7. The molecular weight excluding hydrogens is 262 g/mol. The van der Waals surface area contributed by atoms with E-state index in [1.165, 1.54) is 12.1 Å². The number of rotatable bonds is 5. The quantitative estimate of drug-likeness (QED) is 0.615. The lowest BCUT2D eigenvalue weighted by atomic mass is 10.2. The Morgan fingerprint density at radius 2 is 2.06 bits per heavy atom. The minimum Gasteiger partial charge on any atom is -0.477 e. The van der Waals surface area contributed by atoms with Crippen LogP contribution in [0.1, 0.15) is 20.8 Å². The van der Waals surface area contributed by atoms with Gasteiger partial charge in [0, 0.05) is 12.7 Å². The number of nitrogens with one attached hydrogen (secondary N) is 1. The van der Waals surface area contributed by atoms with Crippen LogP contribution in [0.15, 0.2) is 18.3 Å². The van der Waals surface area contributed by atoms with E-state index in [0.717, 1.165) is 6.20 Å². The summed E-state index contributed by atoms with van der Waals surface area (Å²) in [5.41, 5.74) is -0.0505. The molecule has 98 valence electrons. The van der Waals surface area contributed by atoms with Crippen molar-refractivity contribution in [1.82, 2.24) is 10.3 Å². The predicted molar refractivity (Wildman–Crippen MR) is 61.5 cm³/mol. The fourth-order valence-corrected chi connectivity index (χ4v) is 1.45. The highest BCUT2D eigenvalue weighted by molar-refractivity contribution is 7.89. The summed E-state index contributed by atoms with van der Waals surface area (Å²) in [6.07, 6.45) is 1.09. The summed E-state index contributed by atoms with van der Waals surface area (Å²) in [6.45, 7) is -0.127. The molecule has 0 aliphatic heterocycles. The average Bonchev–Trinajstić information content (AvgIpc) is 2.27. The van der Waals surface area contributed by atoms with E-state index in [4.69, 9.17) is 10.2 Å². The number of nitrogens with two attached hydrogens (primary N) is 1. The van der Waals surface area contributed by atoms with Gasteiger partial charge in [0.2, 0.25) is 10.0 Å². The van der Waals surface area contributed by atoms with Crippen LogP contribution in [0, 0.1) is 0 Å². The highest BCUT2D eigenvalue weighted by atomic mass is 32.2. The molecule has 1 heterocycles. The number of hydrogen-bond acceptors (Lipinski definition) is 5. The number of carbonyl (C=O) groups excluding carboxylic acids is 1. The van der Waals surface area contributed by atoms with Gasteiger partial charge in [-0.25, -0.2) is 23.3 Å². The van der Waals surface area contributed by atoms with E-state index >= 15 is 0 Å². The van der Waals surface area contributed by atoms with Crippen molar-refractivity contribution in [1.29, 1.82) is 0 Å². The zero-order chi connectivity index (χ0) is 13.8. The van der Waals surface area contributed by atoms with Gasteiger partial charge in [-0.2, -0.15) is 0 Å². The van der Waals surface area contributed by atoms with Crippen LogP contribution in [0.2, 0.25) is 0 Å². The van der Waals surface area contributed by atoms with E-state index in [1.807, 2.05) is 0 Å². The summed E-state index contributed by atoms with van der Waals surface area (Å²) in [7, 11) is -3.63. The molecule has 0 bridgehead atoms. The summed E-state index contributed by atoms with van der Waals surface area (Å²) < 4.78 is 21.2. The van der Waals surface area contributed by atoms with Crippen LogP contribution in [-0.2, 0) is 10.0 Å². The van der Waals surface area contributed by atoms with Crippen LogP contribution in [-0.4, -0.2) is 42.7 Å². The number of carbonyl (C=O) groups is 2. The van der Waals surface area contributed by atoms with Gasteiger partial charge in [0.25, 0.3) is 5.91 Å². The molecule has 0 radical (unpaired) electrons. The van der Waals surface area contributed by atoms with E-state index < -0.39 is 21.9 Å². The van der Waals surface area contributed by atoms with Gasteiger partial charge in [0.15, 0.2) is 0 Å². The summed E-state index contributed by atoms with van der Waals surface area (Å²) in [6, 6.07) is 2.46. The molecule has 0 saturated heterocycles. The Kier molecular flexibility index (Phi) is 4.34. The first-order valence-electron chi connectivity index (χ1n) is 4.77. The predicted octanol–water partition coefficient (Wildman–Crippen LogP) is -1.20. The first-order valence-corrected chi connectivity index (χ1v) is 6.49. The molecule has 18 heavy (non-hydrogen) atoms. The molecule has 0 spiro atoms. The highest BCUT2D eigenvalue weighted by Crippen LogP contribution is 2.00. The smallest absolute Gasteiger partial charge is 0.354 e. The first kappa shape index (κ1) is 14.1. The third-order valence-electron chi connectivity index (χ3n) is 1.92. The Hall–Kier alpha value is -2.00. The maximum atomic E-state index is 11.5. The monoisotopic (exact) mass is 273 g/mol. The number of carboxylic acids is 1. The third kappa shape index (κ3) is 4.47. The van der Waals surface area contributed by atoms with E-state index in [-0.39, 0.29) is 23.6 Å². The van der Waals surface area contributed by atoms with Gasteiger partial charge >= 0.3 is 5.97 Å². The standard InChI is InChI=1S/C9H11N3O5S/c10-18(16,17)4-3-11-8(13)6-1-2-7(9(14)15)12-5-6/h1-2,5H,3-4H2,(H,11,13)(H,14,15)(H2,10,16,17). The molecular formula is C9H11N3O5S. The summed E-state index contributed by atoms with van der Waals surface area (Å²) >= 11 is 0. The normalized spacial score (nSPS) is 10.9. The molecule has 1 amide bonds. The van der Waals surface area contributed by atoms with Crippen LogP contribution in [0.25, 0.3) is 0 Å². The van der Waals surface area contributed by atoms with E-state index in [0.29, 0.717) is 0 Å². The molecule has 0 aliphatic rings. The van der Waals surface area contributed by atoms with Crippen molar-refractivity contribution in [3.63, 3.8) is 0 Å². The summed E-state index contributed by atoms with van der Waals surface area (Å²) in [5.74, 6) is -2.13. The van der Waals surface area contributed by atoms with Crippen molar-refractivity contribution in [2.24, 2.45) is 5.14 Å². The molecule has 0 saturated carbocycles. The molecule has 0 aliphatic carbocycles. The lowest BCUT2D eigenvalue weighted by Gasteiger charge is -2.04. The Labute approximate surface area is 103 Å². The van der Waals surface area contributed by atoms with Gasteiger partial charge < -0.3 is 10.4 Å². The first-order chi connectivity index (χ1) is 8.29. The van der Waals surface area contributed by atoms with Crippen molar-refractivity contribution in [2.75, 3.05) is 12.3 Å². The zero-order valence-corrected chi connectivity index (χ0v) is 9.98. The van der Waals surface area contributed by atoms with Gasteiger partial charge in [-0.1, -0.05) is 0 Å².